The maximum atomic E-state index is 11.2. The van der Waals surface area contributed by atoms with E-state index in [4.69, 9.17) is 0 Å². The summed E-state index contributed by atoms with van der Waals surface area (Å²) >= 11 is 1.58. The van der Waals surface area contributed by atoms with Gasteiger partial charge in [0.2, 0.25) is 0 Å². The van der Waals surface area contributed by atoms with Gasteiger partial charge in [-0.05, 0) is 26.3 Å². The molecule has 1 atom stereocenters. The van der Waals surface area contributed by atoms with Crippen molar-refractivity contribution in [2.75, 3.05) is 0 Å². The Hall–Kier alpha value is -0.830. The second-order valence-electron chi connectivity index (χ2n) is 3.41. The number of nitrogens with zero attached hydrogens (tertiary/aromatic N) is 1. The predicted molar refractivity (Wildman–Crippen MR) is 55.7 cm³/mol. The van der Waals surface area contributed by atoms with Crippen LogP contribution in [0.25, 0.3) is 0 Å². The average Bonchev–Trinajstić information content (AvgIpc) is 2.55. The molecule has 2 rings (SSSR count). The minimum absolute atomic E-state index is 0.172. The summed E-state index contributed by atoms with van der Waals surface area (Å²) in [6.45, 7) is 5.67. The summed E-state index contributed by atoms with van der Waals surface area (Å²) in [5, 5.41) is 0. The monoisotopic (exact) mass is 193 g/mol. The fraction of sp³-hybridized carbons (Fsp3) is 0.400. The second-order valence-corrected chi connectivity index (χ2v) is 4.49. The number of thioether (sulfide) groups is 1. The third-order valence-electron chi connectivity index (χ3n) is 2.43. The normalized spacial score (nSPS) is 25.9. The zero-order chi connectivity index (χ0) is 9.59. The van der Waals surface area contributed by atoms with E-state index in [-0.39, 0.29) is 5.78 Å². The van der Waals surface area contributed by atoms with Crippen LogP contribution >= 0.6 is 11.8 Å². The van der Waals surface area contributed by atoms with Gasteiger partial charge in [0.25, 0.3) is 0 Å². The van der Waals surface area contributed by atoms with Gasteiger partial charge in [0.15, 0.2) is 5.78 Å². The van der Waals surface area contributed by atoms with Crippen LogP contribution in [-0.4, -0.2) is 11.5 Å². The van der Waals surface area contributed by atoms with Gasteiger partial charge < -0.3 is 0 Å². The molecule has 0 radical (unpaired) electrons. The number of Topliss-reactive ketones (excluding diaryl/α,β-unsaturated/α-hetero) is 1. The van der Waals surface area contributed by atoms with Crippen molar-refractivity contribution in [1.29, 1.82) is 0 Å². The first-order valence-corrected chi connectivity index (χ1v) is 5.07. The summed E-state index contributed by atoms with van der Waals surface area (Å²) in [5.74, 6) is 0.481. The molecule has 0 saturated carbocycles. The number of rotatable bonds is 1. The zero-order valence-electron chi connectivity index (χ0n) is 7.92. The van der Waals surface area contributed by atoms with Crippen LogP contribution in [0, 0.1) is 5.92 Å². The van der Waals surface area contributed by atoms with Crippen molar-refractivity contribution in [1.82, 2.24) is 0 Å². The lowest BCUT2D eigenvalue weighted by Gasteiger charge is -2.06. The van der Waals surface area contributed by atoms with Crippen molar-refractivity contribution in [2.45, 2.75) is 20.8 Å². The van der Waals surface area contributed by atoms with Crippen molar-refractivity contribution in [3.8, 4) is 0 Å². The van der Waals surface area contributed by atoms with E-state index in [0.717, 1.165) is 10.6 Å². The molecular weight excluding hydrogens is 182 g/mol. The van der Waals surface area contributed by atoms with Gasteiger partial charge in [-0.3, -0.25) is 9.79 Å². The van der Waals surface area contributed by atoms with Crippen LogP contribution in [0.2, 0.25) is 0 Å². The van der Waals surface area contributed by atoms with Crippen molar-refractivity contribution in [3.05, 3.63) is 21.6 Å². The summed E-state index contributed by atoms with van der Waals surface area (Å²) in [6, 6.07) is 0. The first-order chi connectivity index (χ1) is 6.11. The fourth-order valence-electron chi connectivity index (χ4n) is 1.81. The Labute approximate surface area is 81.8 Å². The number of ketones is 1. The summed E-state index contributed by atoms with van der Waals surface area (Å²) in [6.07, 6.45) is 1.88. The van der Waals surface area contributed by atoms with Gasteiger partial charge in [0.1, 0.15) is 0 Å². The van der Waals surface area contributed by atoms with Crippen LogP contribution in [0.5, 0.6) is 0 Å². The van der Waals surface area contributed by atoms with Gasteiger partial charge in [0, 0.05) is 16.8 Å². The number of allylic oxidation sites excluding steroid dienone is 3. The van der Waals surface area contributed by atoms with E-state index in [2.05, 4.69) is 4.99 Å². The summed E-state index contributed by atoms with van der Waals surface area (Å²) in [7, 11) is 0. The van der Waals surface area contributed by atoms with Crippen LogP contribution in [0.3, 0.4) is 0 Å². The number of carbonyl (C=O) groups is 1. The average molecular weight is 193 g/mol. The van der Waals surface area contributed by atoms with Gasteiger partial charge in [-0.15, -0.1) is 0 Å². The molecule has 2 heterocycles. The predicted octanol–water partition coefficient (Wildman–Crippen LogP) is 2.53. The number of hydrogen-bond donors (Lipinski definition) is 0. The molecule has 1 unspecified atom stereocenters. The van der Waals surface area contributed by atoms with E-state index in [1.165, 1.54) is 10.5 Å². The number of carbonyl (C=O) groups excluding carboxylic acids is 1. The molecule has 0 aromatic heterocycles. The van der Waals surface area contributed by atoms with Gasteiger partial charge in [-0.25, -0.2) is 0 Å². The van der Waals surface area contributed by atoms with Crippen LogP contribution in [0.4, 0.5) is 0 Å². The Bertz CT molecular complexity index is 376. The molecule has 0 fully saturated rings. The third-order valence-corrected chi connectivity index (χ3v) is 3.82. The van der Waals surface area contributed by atoms with Crippen molar-refractivity contribution < 1.29 is 4.79 Å². The van der Waals surface area contributed by atoms with Gasteiger partial charge in [0.05, 0.1) is 10.8 Å². The lowest BCUT2D eigenvalue weighted by molar-refractivity contribution is -0.113. The summed E-state index contributed by atoms with van der Waals surface area (Å²) in [4.78, 5) is 17.6. The van der Waals surface area contributed by atoms with E-state index in [9.17, 15) is 4.79 Å². The van der Waals surface area contributed by atoms with Gasteiger partial charge in [-0.1, -0.05) is 11.8 Å². The number of hydrogen-bond acceptors (Lipinski definition) is 3. The van der Waals surface area contributed by atoms with E-state index in [1.54, 1.807) is 18.7 Å². The molecule has 0 spiro atoms. The first-order valence-electron chi connectivity index (χ1n) is 4.25. The molecule has 0 aromatic rings. The minimum Gasteiger partial charge on any atom is -0.294 e. The van der Waals surface area contributed by atoms with Crippen molar-refractivity contribution in [2.24, 2.45) is 10.9 Å². The van der Waals surface area contributed by atoms with E-state index < -0.39 is 0 Å². The maximum Gasteiger partial charge on any atom is 0.166 e. The zero-order valence-corrected chi connectivity index (χ0v) is 8.73. The highest BCUT2D eigenvalue weighted by Crippen LogP contribution is 2.48. The molecule has 0 amide bonds. The molecule has 2 nitrogen and oxygen atoms in total. The number of fused-ring (bicyclic) bond motifs is 1. The summed E-state index contributed by atoms with van der Waals surface area (Å²) < 4.78 is 0. The highest BCUT2D eigenvalue weighted by molar-refractivity contribution is 8.08. The third kappa shape index (κ3) is 1.18. The lowest BCUT2D eigenvalue weighted by Crippen LogP contribution is -2.07. The Balaban J connectivity index is 2.42. The molecule has 0 aliphatic carbocycles. The molecule has 0 aromatic carbocycles. The molecule has 3 heteroatoms. The molecule has 2 aliphatic rings. The quantitative estimate of drug-likeness (QED) is 0.640. The Morgan fingerprint density at radius 2 is 2.23 bits per heavy atom. The second kappa shape index (κ2) is 2.84. The number of aliphatic imine (C=N–C) groups is 1. The molecular formula is C10H11NOS. The standard InChI is InChI=1S/C10H11NOS/c1-5-9-6(2)11-4-8(9)13-10(5)7(3)12/h4,9H,1-3H3. The molecule has 0 N–H and O–H groups in total. The largest absolute Gasteiger partial charge is 0.294 e. The summed E-state index contributed by atoms with van der Waals surface area (Å²) in [5.41, 5.74) is 2.28. The Kier molecular flexibility index (Phi) is 1.91. The SMILES string of the molecule is CC(=O)C1=C(C)C2C(=CN=C2C)S1. The van der Waals surface area contributed by atoms with E-state index in [0.29, 0.717) is 5.92 Å². The highest BCUT2D eigenvalue weighted by Gasteiger charge is 2.34. The smallest absolute Gasteiger partial charge is 0.166 e. The molecule has 13 heavy (non-hydrogen) atoms. The maximum absolute atomic E-state index is 11.2. The van der Waals surface area contributed by atoms with Crippen molar-refractivity contribution >= 4 is 23.3 Å². The van der Waals surface area contributed by atoms with Crippen LogP contribution < -0.4 is 0 Å². The van der Waals surface area contributed by atoms with Crippen molar-refractivity contribution in [3.63, 3.8) is 0 Å². The van der Waals surface area contributed by atoms with E-state index >= 15 is 0 Å². The molecule has 68 valence electrons. The van der Waals surface area contributed by atoms with Gasteiger partial charge >= 0.3 is 0 Å². The molecule has 0 saturated heterocycles. The first kappa shape index (κ1) is 8.75. The van der Waals surface area contributed by atoms with Crippen LogP contribution in [0.15, 0.2) is 26.6 Å². The Morgan fingerprint density at radius 1 is 1.54 bits per heavy atom. The Morgan fingerprint density at radius 3 is 2.77 bits per heavy atom. The molecule has 0 bridgehead atoms. The topological polar surface area (TPSA) is 29.4 Å². The highest BCUT2D eigenvalue weighted by atomic mass is 32.2. The van der Waals surface area contributed by atoms with E-state index in [1.807, 2.05) is 20.0 Å². The van der Waals surface area contributed by atoms with Crippen LogP contribution in [-0.2, 0) is 4.79 Å². The lowest BCUT2D eigenvalue weighted by atomic mass is 9.96. The fourth-order valence-corrected chi connectivity index (χ4v) is 3.04. The molecule has 2 aliphatic heterocycles. The van der Waals surface area contributed by atoms with Gasteiger partial charge in [-0.2, -0.15) is 0 Å². The van der Waals surface area contributed by atoms with Crippen LogP contribution in [0.1, 0.15) is 20.8 Å². The minimum atomic E-state index is 0.172.